The lowest BCUT2D eigenvalue weighted by Crippen LogP contribution is -2.54. The Morgan fingerprint density at radius 1 is 1.17 bits per heavy atom. The Morgan fingerprint density at radius 3 is 2.67 bits per heavy atom. The molecule has 0 bridgehead atoms. The molecule has 2 aromatic rings. The number of nitrogens with one attached hydrogen (secondary N) is 2. The number of H-pyrrole nitrogens is 1. The first-order valence-corrected chi connectivity index (χ1v) is 11.5. The number of aromatic amines is 1. The monoisotopic (exact) mass is 410 g/mol. The predicted molar refractivity (Wildman–Crippen MR) is 119 cm³/mol. The van der Waals surface area contributed by atoms with Gasteiger partial charge in [-0.25, -0.2) is 0 Å². The number of fused-ring (bicyclic) bond motifs is 1. The molecule has 2 heterocycles. The Labute approximate surface area is 178 Å². The van der Waals surface area contributed by atoms with Crippen molar-refractivity contribution in [3.05, 3.63) is 36.0 Å². The number of nitrogens with two attached hydrogens (primary N) is 1. The van der Waals surface area contributed by atoms with Crippen molar-refractivity contribution in [2.75, 3.05) is 13.1 Å². The van der Waals surface area contributed by atoms with Gasteiger partial charge in [0.25, 0.3) is 0 Å². The largest absolute Gasteiger partial charge is 0.357 e. The van der Waals surface area contributed by atoms with Crippen molar-refractivity contribution in [2.24, 2.45) is 17.6 Å². The molecule has 30 heavy (non-hydrogen) atoms. The van der Waals surface area contributed by atoms with E-state index in [0.717, 1.165) is 56.3 Å². The molecule has 2 aliphatic rings. The maximum absolute atomic E-state index is 13.8. The Balaban J connectivity index is 1.57. The zero-order valence-electron chi connectivity index (χ0n) is 17.9. The van der Waals surface area contributed by atoms with Crippen LogP contribution in [0.3, 0.4) is 0 Å². The van der Waals surface area contributed by atoms with Gasteiger partial charge in [0.1, 0.15) is 6.04 Å². The smallest absolute Gasteiger partial charge is 0.245 e. The topological polar surface area (TPSA) is 91.2 Å². The summed E-state index contributed by atoms with van der Waals surface area (Å²) in [4.78, 5) is 31.9. The van der Waals surface area contributed by atoms with Crippen molar-refractivity contribution in [1.82, 2.24) is 15.2 Å². The molecular formula is C24H34N4O2. The van der Waals surface area contributed by atoms with Crippen molar-refractivity contribution in [1.29, 1.82) is 0 Å². The van der Waals surface area contributed by atoms with Gasteiger partial charge in [0.2, 0.25) is 11.8 Å². The highest BCUT2D eigenvalue weighted by molar-refractivity contribution is 5.89. The maximum atomic E-state index is 13.8. The van der Waals surface area contributed by atoms with Gasteiger partial charge in [0, 0.05) is 30.2 Å². The van der Waals surface area contributed by atoms with Crippen LogP contribution in [0, 0.1) is 11.8 Å². The van der Waals surface area contributed by atoms with E-state index in [0.29, 0.717) is 6.54 Å². The van der Waals surface area contributed by atoms with Gasteiger partial charge >= 0.3 is 0 Å². The molecule has 0 radical (unpaired) electrons. The van der Waals surface area contributed by atoms with Gasteiger partial charge in [-0.05, 0) is 49.1 Å². The number of nitrogens with zero attached hydrogens (tertiary/aromatic N) is 1. The Bertz CT molecular complexity index is 853. The molecule has 1 aliphatic heterocycles. The fourth-order valence-electron chi connectivity index (χ4n) is 5.06. The average Bonchev–Trinajstić information content (AvgIpc) is 3.43. The first-order chi connectivity index (χ1) is 14.6. The summed E-state index contributed by atoms with van der Waals surface area (Å²) in [6.07, 6.45) is 7.40. The lowest BCUT2D eigenvalue weighted by molar-refractivity contribution is -0.140. The Kier molecular flexibility index (Phi) is 6.42. The van der Waals surface area contributed by atoms with Crippen LogP contribution in [-0.2, 0) is 9.59 Å². The van der Waals surface area contributed by atoms with E-state index in [1.807, 2.05) is 24.0 Å². The van der Waals surface area contributed by atoms with Crippen molar-refractivity contribution in [3.63, 3.8) is 0 Å². The summed E-state index contributed by atoms with van der Waals surface area (Å²) in [5.74, 6) is -0.112. The lowest BCUT2D eigenvalue weighted by Gasteiger charge is -2.35. The molecule has 1 aliphatic carbocycles. The number of benzene rings is 1. The fourth-order valence-corrected chi connectivity index (χ4v) is 5.06. The molecule has 2 amide bonds. The Hall–Kier alpha value is -2.34. The molecule has 3 atom stereocenters. The van der Waals surface area contributed by atoms with E-state index >= 15 is 0 Å². The second kappa shape index (κ2) is 9.21. The van der Waals surface area contributed by atoms with E-state index in [4.69, 9.17) is 5.73 Å². The summed E-state index contributed by atoms with van der Waals surface area (Å²) in [5.41, 5.74) is 7.89. The van der Waals surface area contributed by atoms with Gasteiger partial charge in [-0.1, -0.05) is 44.4 Å². The van der Waals surface area contributed by atoms with Gasteiger partial charge in [-0.3, -0.25) is 9.59 Å². The quantitative estimate of drug-likeness (QED) is 0.681. The second-order valence-corrected chi connectivity index (χ2v) is 9.02. The molecule has 1 aromatic carbocycles. The molecule has 6 heteroatoms. The summed E-state index contributed by atoms with van der Waals surface area (Å²) in [5, 5.41) is 4.26. The normalized spacial score (nSPS) is 22.2. The van der Waals surface area contributed by atoms with Crippen LogP contribution in [0.15, 0.2) is 30.3 Å². The number of carbonyl (C=O) groups is 2. The van der Waals surface area contributed by atoms with Crippen LogP contribution >= 0.6 is 0 Å². The molecule has 6 nitrogen and oxygen atoms in total. The van der Waals surface area contributed by atoms with Crippen LogP contribution in [0.25, 0.3) is 10.9 Å². The number of likely N-dealkylation sites (tertiary alicyclic amines) is 1. The number of aromatic nitrogens is 1. The third kappa shape index (κ3) is 4.24. The van der Waals surface area contributed by atoms with Gasteiger partial charge in [0.05, 0.1) is 6.04 Å². The zero-order chi connectivity index (χ0) is 21.1. The summed E-state index contributed by atoms with van der Waals surface area (Å²) >= 11 is 0. The number of para-hydroxylation sites is 1. The highest BCUT2D eigenvalue weighted by Gasteiger charge is 2.39. The minimum Gasteiger partial charge on any atom is -0.357 e. The number of hydrogen-bond acceptors (Lipinski definition) is 3. The average molecular weight is 411 g/mol. The lowest BCUT2D eigenvalue weighted by atomic mass is 9.83. The molecule has 1 saturated carbocycles. The van der Waals surface area contributed by atoms with Gasteiger partial charge < -0.3 is 20.9 Å². The fraction of sp³-hybridized carbons (Fsp3) is 0.583. The number of rotatable bonds is 6. The molecular weight excluding hydrogens is 376 g/mol. The van der Waals surface area contributed by atoms with Crippen molar-refractivity contribution in [3.8, 4) is 0 Å². The molecule has 4 rings (SSSR count). The van der Waals surface area contributed by atoms with E-state index in [1.165, 1.54) is 11.8 Å². The highest BCUT2D eigenvalue weighted by atomic mass is 16.2. The van der Waals surface area contributed by atoms with Gasteiger partial charge in [0.15, 0.2) is 0 Å². The molecule has 4 N–H and O–H groups in total. The van der Waals surface area contributed by atoms with Crippen LogP contribution in [0.4, 0.5) is 0 Å². The van der Waals surface area contributed by atoms with Gasteiger partial charge in [-0.2, -0.15) is 0 Å². The number of amides is 2. The number of hydrogen-bond donors (Lipinski definition) is 3. The van der Waals surface area contributed by atoms with Crippen molar-refractivity contribution >= 4 is 22.7 Å². The first-order valence-electron chi connectivity index (χ1n) is 11.5. The molecule has 1 aromatic heterocycles. The third-order valence-electron chi connectivity index (χ3n) is 6.93. The van der Waals surface area contributed by atoms with Crippen LogP contribution in [-0.4, -0.2) is 40.8 Å². The van der Waals surface area contributed by atoms with E-state index in [-0.39, 0.29) is 29.7 Å². The molecule has 162 valence electrons. The second-order valence-electron chi connectivity index (χ2n) is 9.02. The third-order valence-corrected chi connectivity index (χ3v) is 6.93. The highest BCUT2D eigenvalue weighted by Crippen LogP contribution is 2.35. The first kappa shape index (κ1) is 20.9. The van der Waals surface area contributed by atoms with E-state index < -0.39 is 6.04 Å². The predicted octanol–water partition coefficient (Wildman–Crippen LogP) is 3.49. The van der Waals surface area contributed by atoms with E-state index in [1.54, 1.807) is 0 Å². The standard InChI is InChI=1S/C24H34N4O2/c1-16(15-25)23(29)27-22(17-8-3-2-4-9-17)24(30)28-13-7-12-21(28)20-14-18-10-5-6-11-19(18)26-20/h5-6,10-11,14,16-17,21-22,26H,2-4,7-9,12-13,15,25H2,1H3,(H,27,29). The zero-order valence-corrected chi connectivity index (χ0v) is 17.9. The molecule has 3 unspecified atom stereocenters. The van der Waals surface area contributed by atoms with Crippen LogP contribution in [0.2, 0.25) is 0 Å². The maximum Gasteiger partial charge on any atom is 0.245 e. The van der Waals surface area contributed by atoms with Gasteiger partial charge in [-0.15, -0.1) is 0 Å². The molecule has 0 spiro atoms. The van der Waals surface area contributed by atoms with Crippen molar-refractivity contribution in [2.45, 2.75) is 64.0 Å². The minimum absolute atomic E-state index is 0.0415. The summed E-state index contributed by atoms with van der Waals surface area (Å²) in [7, 11) is 0. The molecule has 1 saturated heterocycles. The summed E-state index contributed by atoms with van der Waals surface area (Å²) in [6.45, 7) is 2.85. The van der Waals surface area contributed by atoms with Crippen LogP contribution < -0.4 is 11.1 Å². The molecule has 2 fully saturated rings. The Morgan fingerprint density at radius 2 is 1.93 bits per heavy atom. The van der Waals surface area contributed by atoms with E-state index in [2.05, 4.69) is 28.5 Å². The summed E-state index contributed by atoms with van der Waals surface area (Å²) in [6, 6.07) is 9.97. The van der Waals surface area contributed by atoms with E-state index in [9.17, 15) is 9.59 Å². The minimum atomic E-state index is -0.447. The SMILES string of the molecule is CC(CN)C(=O)NC(C(=O)N1CCCC1c1cc2ccccc2[nH]1)C1CCCCC1. The number of carbonyl (C=O) groups excluding carboxylic acids is 2. The summed E-state index contributed by atoms with van der Waals surface area (Å²) < 4.78 is 0. The van der Waals surface area contributed by atoms with Crippen LogP contribution in [0.1, 0.15) is 63.6 Å². The van der Waals surface area contributed by atoms with Crippen LogP contribution in [0.5, 0.6) is 0 Å². The van der Waals surface area contributed by atoms with Crippen molar-refractivity contribution < 1.29 is 9.59 Å².